The van der Waals surface area contributed by atoms with Crippen molar-refractivity contribution < 1.29 is 24.2 Å². The maximum Gasteiger partial charge on any atom is 0.329 e. The number of nitrogens with zero attached hydrogens (tertiary/aromatic N) is 1. The maximum absolute atomic E-state index is 12.2. The third-order valence-electron chi connectivity index (χ3n) is 3.86. The lowest BCUT2D eigenvalue weighted by molar-refractivity contribution is -0.140. The molecule has 1 aromatic carbocycles. The number of carboxylic acid groups (broad SMARTS) is 1. The molecule has 0 spiro atoms. The summed E-state index contributed by atoms with van der Waals surface area (Å²) in [5.41, 5.74) is -0.280. The first-order valence-corrected chi connectivity index (χ1v) is 7.81. The summed E-state index contributed by atoms with van der Waals surface area (Å²) in [6.07, 6.45) is 2.38. The summed E-state index contributed by atoms with van der Waals surface area (Å²) in [7, 11) is 0. The van der Waals surface area contributed by atoms with E-state index in [1.165, 1.54) is 17.5 Å². The Morgan fingerprint density at radius 1 is 1.26 bits per heavy atom. The summed E-state index contributed by atoms with van der Waals surface area (Å²) in [5, 5.41) is 12.4. The number of hydrogen-bond acceptors (Lipinski definition) is 6. The van der Waals surface area contributed by atoms with Gasteiger partial charge in [-0.05, 0) is 31.0 Å². The van der Waals surface area contributed by atoms with Gasteiger partial charge in [0.2, 0.25) is 6.79 Å². The number of benzene rings is 1. The van der Waals surface area contributed by atoms with Crippen LogP contribution in [-0.2, 0) is 4.79 Å². The zero-order valence-electron chi connectivity index (χ0n) is 11.9. The van der Waals surface area contributed by atoms with E-state index in [9.17, 15) is 9.59 Å². The lowest BCUT2D eigenvalue weighted by atomic mass is 10.2. The summed E-state index contributed by atoms with van der Waals surface area (Å²) in [6.45, 7) is 0.196. The molecule has 1 saturated carbocycles. The molecule has 1 fully saturated rings. The zero-order chi connectivity index (χ0) is 16.0. The highest BCUT2D eigenvalue weighted by atomic mass is 32.1. The number of amides is 1. The van der Waals surface area contributed by atoms with E-state index in [4.69, 9.17) is 14.6 Å². The topological polar surface area (TPSA) is 97.8 Å². The predicted octanol–water partition coefficient (Wildman–Crippen LogP) is 1.89. The van der Waals surface area contributed by atoms with Gasteiger partial charge in [0.1, 0.15) is 15.4 Å². The van der Waals surface area contributed by atoms with E-state index < -0.39 is 17.4 Å². The highest BCUT2D eigenvalue weighted by molar-refractivity contribution is 7.16. The number of carbonyl (C=O) groups is 2. The fraction of sp³-hybridized carbons (Fsp3) is 0.267. The van der Waals surface area contributed by atoms with Crippen LogP contribution in [0.2, 0.25) is 0 Å². The number of carbonyl (C=O) groups excluding carboxylic acids is 1. The van der Waals surface area contributed by atoms with Crippen LogP contribution in [0.3, 0.4) is 0 Å². The molecule has 1 aromatic heterocycles. The van der Waals surface area contributed by atoms with Gasteiger partial charge in [0, 0.05) is 5.56 Å². The van der Waals surface area contributed by atoms with Crippen molar-refractivity contribution in [2.24, 2.45) is 0 Å². The molecule has 1 amide bonds. The smallest absolute Gasteiger partial charge is 0.329 e. The summed E-state index contributed by atoms with van der Waals surface area (Å²) in [5.74, 6) is -0.0762. The molecule has 2 aromatic rings. The Balaban J connectivity index is 1.55. The summed E-state index contributed by atoms with van der Waals surface area (Å²) in [6, 6.07) is 5.44. The van der Waals surface area contributed by atoms with Crippen LogP contribution in [0.15, 0.2) is 24.4 Å². The van der Waals surface area contributed by atoms with E-state index in [1.807, 2.05) is 12.1 Å². The van der Waals surface area contributed by atoms with Crippen LogP contribution in [0.4, 0.5) is 0 Å². The number of aliphatic carboxylic acids is 1. The van der Waals surface area contributed by atoms with Gasteiger partial charge in [0.15, 0.2) is 11.5 Å². The lowest BCUT2D eigenvalue weighted by Gasteiger charge is -2.10. The molecule has 118 valence electrons. The molecule has 0 unspecified atom stereocenters. The molecule has 1 aliphatic carbocycles. The molecule has 2 N–H and O–H groups in total. The Labute approximate surface area is 134 Å². The number of ether oxygens (including phenoxy) is 2. The van der Waals surface area contributed by atoms with E-state index in [0.717, 1.165) is 5.56 Å². The summed E-state index contributed by atoms with van der Waals surface area (Å²) >= 11 is 1.21. The van der Waals surface area contributed by atoms with Crippen LogP contribution in [0.5, 0.6) is 11.5 Å². The van der Waals surface area contributed by atoms with E-state index in [2.05, 4.69) is 10.3 Å². The van der Waals surface area contributed by atoms with Crippen molar-refractivity contribution in [2.45, 2.75) is 18.4 Å². The number of aromatic nitrogens is 1. The second kappa shape index (κ2) is 4.95. The predicted molar refractivity (Wildman–Crippen MR) is 80.7 cm³/mol. The standard InChI is InChI=1S/C15H12N2O5S/c18-12(17-15(3-4-15)14(19)20)11-6-16-13(23-11)8-1-2-9-10(5-8)22-7-21-9/h1-2,5-6H,3-4,7H2,(H,17,18)(H,19,20). The van der Waals surface area contributed by atoms with Crippen LogP contribution >= 0.6 is 11.3 Å². The molecule has 8 heteroatoms. The lowest BCUT2D eigenvalue weighted by Crippen LogP contribution is -2.42. The van der Waals surface area contributed by atoms with Gasteiger partial charge in [-0.2, -0.15) is 0 Å². The summed E-state index contributed by atoms with van der Waals surface area (Å²) < 4.78 is 10.6. The molecular weight excluding hydrogens is 320 g/mol. The fourth-order valence-electron chi connectivity index (χ4n) is 2.34. The SMILES string of the molecule is O=C(NC1(C(=O)O)CC1)c1cnc(-c2ccc3c(c2)OCO3)s1. The highest BCUT2D eigenvalue weighted by Gasteiger charge is 2.51. The Hall–Kier alpha value is -2.61. The molecule has 2 heterocycles. The van der Waals surface area contributed by atoms with Crippen molar-refractivity contribution in [3.63, 3.8) is 0 Å². The van der Waals surface area contributed by atoms with Crippen molar-refractivity contribution in [1.29, 1.82) is 0 Å². The molecule has 0 atom stereocenters. The molecule has 4 rings (SSSR count). The molecule has 7 nitrogen and oxygen atoms in total. The van der Waals surface area contributed by atoms with Crippen molar-refractivity contribution in [3.05, 3.63) is 29.3 Å². The van der Waals surface area contributed by atoms with Crippen LogP contribution in [0, 0.1) is 0 Å². The first-order chi connectivity index (χ1) is 11.1. The van der Waals surface area contributed by atoms with Gasteiger partial charge in [-0.1, -0.05) is 0 Å². The van der Waals surface area contributed by atoms with E-state index >= 15 is 0 Å². The summed E-state index contributed by atoms with van der Waals surface area (Å²) in [4.78, 5) is 27.9. The number of nitrogens with one attached hydrogen (secondary N) is 1. The Morgan fingerprint density at radius 2 is 2.04 bits per heavy atom. The normalized spacial score (nSPS) is 16.9. The molecule has 2 aliphatic rings. The largest absolute Gasteiger partial charge is 0.480 e. The van der Waals surface area contributed by atoms with Gasteiger partial charge in [0.05, 0.1) is 6.20 Å². The molecule has 23 heavy (non-hydrogen) atoms. The molecule has 1 aliphatic heterocycles. The second-order valence-electron chi connectivity index (χ2n) is 5.44. The monoisotopic (exact) mass is 332 g/mol. The van der Waals surface area contributed by atoms with Crippen molar-refractivity contribution in [3.8, 4) is 22.1 Å². The van der Waals surface area contributed by atoms with Crippen molar-refractivity contribution in [1.82, 2.24) is 10.3 Å². The second-order valence-corrected chi connectivity index (χ2v) is 6.47. The van der Waals surface area contributed by atoms with E-state index in [-0.39, 0.29) is 6.79 Å². The minimum Gasteiger partial charge on any atom is -0.480 e. The average molecular weight is 332 g/mol. The van der Waals surface area contributed by atoms with Crippen LogP contribution in [0.25, 0.3) is 10.6 Å². The minimum atomic E-state index is -1.10. The third-order valence-corrected chi connectivity index (χ3v) is 4.91. The van der Waals surface area contributed by atoms with Gasteiger partial charge in [-0.15, -0.1) is 11.3 Å². The van der Waals surface area contributed by atoms with Crippen LogP contribution in [-0.4, -0.2) is 34.3 Å². The number of hydrogen-bond donors (Lipinski definition) is 2. The third kappa shape index (κ3) is 2.40. The quantitative estimate of drug-likeness (QED) is 0.887. The minimum absolute atomic E-state index is 0.196. The molecule has 0 radical (unpaired) electrons. The van der Waals surface area contributed by atoms with Gasteiger partial charge < -0.3 is 19.9 Å². The van der Waals surface area contributed by atoms with E-state index in [1.54, 1.807) is 6.07 Å². The zero-order valence-corrected chi connectivity index (χ0v) is 12.7. The molecule has 0 saturated heterocycles. The number of fused-ring (bicyclic) bond motifs is 1. The number of thiazole rings is 1. The Kier molecular flexibility index (Phi) is 3.02. The number of carboxylic acids is 1. The van der Waals surface area contributed by atoms with Crippen molar-refractivity contribution >= 4 is 23.2 Å². The highest BCUT2D eigenvalue weighted by Crippen LogP contribution is 2.38. The molecule has 0 bridgehead atoms. The van der Waals surface area contributed by atoms with E-state index in [0.29, 0.717) is 34.2 Å². The van der Waals surface area contributed by atoms with Crippen LogP contribution < -0.4 is 14.8 Å². The Morgan fingerprint density at radius 3 is 2.78 bits per heavy atom. The van der Waals surface area contributed by atoms with Gasteiger partial charge in [-0.25, -0.2) is 9.78 Å². The van der Waals surface area contributed by atoms with Crippen LogP contribution in [0.1, 0.15) is 22.5 Å². The van der Waals surface area contributed by atoms with Gasteiger partial charge in [-0.3, -0.25) is 4.79 Å². The first-order valence-electron chi connectivity index (χ1n) is 6.99. The Bertz CT molecular complexity index is 812. The van der Waals surface area contributed by atoms with Crippen molar-refractivity contribution in [2.75, 3.05) is 6.79 Å². The van der Waals surface area contributed by atoms with Gasteiger partial charge >= 0.3 is 5.97 Å². The first kappa shape index (κ1) is 14.0. The maximum atomic E-state index is 12.2. The fourth-order valence-corrected chi connectivity index (χ4v) is 3.15. The number of rotatable bonds is 4. The average Bonchev–Trinajstić information content (AvgIpc) is 3.00. The van der Waals surface area contributed by atoms with Gasteiger partial charge in [0.25, 0.3) is 5.91 Å². The molecular formula is C15H12N2O5S.